The van der Waals surface area contributed by atoms with Gasteiger partial charge in [-0.3, -0.25) is 0 Å². The van der Waals surface area contributed by atoms with Crippen LogP contribution in [0.3, 0.4) is 0 Å². The van der Waals surface area contributed by atoms with Crippen molar-refractivity contribution < 1.29 is 9.18 Å². The molecule has 0 unspecified atom stereocenters. The number of benzene rings is 1. The van der Waals surface area contributed by atoms with Gasteiger partial charge in [-0.15, -0.1) is 0 Å². The molecule has 2 amide bonds. The van der Waals surface area contributed by atoms with Crippen LogP contribution in [-0.4, -0.2) is 30.1 Å². The highest BCUT2D eigenvalue weighted by Crippen LogP contribution is 2.18. The van der Waals surface area contributed by atoms with Gasteiger partial charge in [0.2, 0.25) is 0 Å². The van der Waals surface area contributed by atoms with E-state index in [1.165, 1.54) is 6.07 Å². The molecule has 4 nitrogen and oxygen atoms in total. The van der Waals surface area contributed by atoms with E-state index in [2.05, 4.69) is 5.32 Å². The predicted molar refractivity (Wildman–Crippen MR) is 64.2 cm³/mol. The van der Waals surface area contributed by atoms with Gasteiger partial charge in [0.1, 0.15) is 5.82 Å². The van der Waals surface area contributed by atoms with Gasteiger partial charge in [-0.2, -0.15) is 0 Å². The van der Waals surface area contributed by atoms with E-state index in [0.717, 1.165) is 12.8 Å². The molecule has 0 spiro atoms. The van der Waals surface area contributed by atoms with Gasteiger partial charge in [-0.05, 0) is 25.0 Å². The Morgan fingerprint density at radius 1 is 1.35 bits per heavy atom. The lowest BCUT2D eigenvalue weighted by atomic mass is 10.0. The molecule has 17 heavy (non-hydrogen) atoms. The van der Waals surface area contributed by atoms with Crippen LogP contribution in [0.1, 0.15) is 12.8 Å². The maximum atomic E-state index is 13.4. The number of nitrogens with zero attached hydrogens (tertiary/aromatic N) is 1. The van der Waals surface area contributed by atoms with Gasteiger partial charge in [-0.1, -0.05) is 12.1 Å². The average molecular weight is 237 g/mol. The van der Waals surface area contributed by atoms with Crippen molar-refractivity contribution in [2.75, 3.05) is 18.4 Å². The zero-order valence-corrected chi connectivity index (χ0v) is 9.53. The highest BCUT2D eigenvalue weighted by Gasteiger charge is 2.21. The van der Waals surface area contributed by atoms with Gasteiger partial charge in [0.15, 0.2) is 0 Å². The number of carbonyl (C=O) groups excluding carboxylic acids is 1. The summed E-state index contributed by atoms with van der Waals surface area (Å²) < 4.78 is 13.4. The van der Waals surface area contributed by atoms with Crippen molar-refractivity contribution >= 4 is 11.7 Å². The molecule has 0 bridgehead atoms. The molecule has 2 rings (SSSR count). The molecule has 1 aliphatic rings. The Balaban J connectivity index is 1.90. The number of hydrogen-bond donors (Lipinski definition) is 2. The first-order chi connectivity index (χ1) is 8.16. The minimum atomic E-state index is -0.380. The van der Waals surface area contributed by atoms with Crippen LogP contribution in [0.25, 0.3) is 0 Å². The molecule has 0 aliphatic carbocycles. The van der Waals surface area contributed by atoms with Crippen LogP contribution in [0, 0.1) is 5.82 Å². The molecular formula is C12H16FN3O. The van der Waals surface area contributed by atoms with Crippen LogP contribution < -0.4 is 11.1 Å². The SMILES string of the molecule is NC(=O)N1CCC(Nc2ccccc2F)CC1. The van der Waals surface area contributed by atoms with Crippen molar-refractivity contribution in [2.45, 2.75) is 18.9 Å². The molecule has 1 aliphatic heterocycles. The molecule has 1 fully saturated rings. The van der Waals surface area contributed by atoms with Crippen LogP contribution in [0.5, 0.6) is 0 Å². The third-order valence-corrected chi connectivity index (χ3v) is 3.04. The Kier molecular flexibility index (Phi) is 3.46. The van der Waals surface area contributed by atoms with E-state index in [1.807, 2.05) is 0 Å². The van der Waals surface area contributed by atoms with Gasteiger partial charge >= 0.3 is 6.03 Å². The lowest BCUT2D eigenvalue weighted by Crippen LogP contribution is -2.44. The van der Waals surface area contributed by atoms with Crippen LogP contribution in [-0.2, 0) is 0 Å². The Morgan fingerprint density at radius 3 is 2.59 bits per heavy atom. The van der Waals surface area contributed by atoms with Crippen LogP contribution in [0.15, 0.2) is 24.3 Å². The number of piperidine rings is 1. The number of para-hydroxylation sites is 1. The topological polar surface area (TPSA) is 58.4 Å². The number of primary amides is 1. The first-order valence-corrected chi connectivity index (χ1v) is 5.72. The highest BCUT2D eigenvalue weighted by molar-refractivity contribution is 5.72. The van der Waals surface area contributed by atoms with Crippen molar-refractivity contribution in [3.63, 3.8) is 0 Å². The normalized spacial score (nSPS) is 16.9. The summed E-state index contributed by atoms with van der Waals surface area (Å²) >= 11 is 0. The summed E-state index contributed by atoms with van der Waals surface area (Å²) in [6, 6.07) is 6.42. The molecule has 5 heteroatoms. The molecule has 0 saturated carbocycles. The maximum Gasteiger partial charge on any atom is 0.314 e. The molecule has 92 valence electrons. The number of halogens is 1. The summed E-state index contributed by atoms with van der Waals surface area (Å²) in [5.74, 6) is -0.246. The second-order valence-electron chi connectivity index (χ2n) is 4.22. The summed E-state index contributed by atoms with van der Waals surface area (Å²) in [5.41, 5.74) is 5.71. The molecule has 0 aromatic heterocycles. The smallest absolute Gasteiger partial charge is 0.314 e. The Morgan fingerprint density at radius 2 is 2.00 bits per heavy atom. The van der Waals surface area contributed by atoms with Crippen LogP contribution in [0.4, 0.5) is 14.9 Å². The number of hydrogen-bond acceptors (Lipinski definition) is 2. The first-order valence-electron chi connectivity index (χ1n) is 5.72. The number of likely N-dealkylation sites (tertiary alicyclic amines) is 1. The minimum absolute atomic E-state index is 0.197. The molecule has 3 N–H and O–H groups in total. The van der Waals surface area contributed by atoms with E-state index in [0.29, 0.717) is 18.8 Å². The molecule has 1 aromatic rings. The number of carbonyl (C=O) groups is 1. The summed E-state index contributed by atoms with van der Waals surface area (Å²) in [4.78, 5) is 12.6. The number of nitrogens with two attached hydrogens (primary N) is 1. The Hall–Kier alpha value is -1.78. The summed E-state index contributed by atoms with van der Waals surface area (Å²) in [6.45, 7) is 1.25. The van der Waals surface area contributed by atoms with Gasteiger partial charge in [0.05, 0.1) is 5.69 Å². The fourth-order valence-electron chi connectivity index (χ4n) is 2.04. The molecule has 1 aromatic carbocycles. The zero-order chi connectivity index (χ0) is 12.3. The van der Waals surface area contributed by atoms with Gasteiger partial charge < -0.3 is 16.0 Å². The maximum absolute atomic E-state index is 13.4. The van der Waals surface area contributed by atoms with E-state index in [1.54, 1.807) is 23.1 Å². The number of urea groups is 1. The molecular weight excluding hydrogens is 221 g/mol. The molecule has 0 atom stereocenters. The lowest BCUT2D eigenvalue weighted by molar-refractivity contribution is 0.193. The predicted octanol–water partition coefficient (Wildman–Crippen LogP) is 1.78. The number of nitrogens with one attached hydrogen (secondary N) is 1. The monoisotopic (exact) mass is 237 g/mol. The zero-order valence-electron chi connectivity index (χ0n) is 9.53. The highest BCUT2D eigenvalue weighted by atomic mass is 19.1. The molecule has 1 heterocycles. The van der Waals surface area contributed by atoms with Crippen molar-refractivity contribution in [1.82, 2.24) is 4.90 Å². The fraction of sp³-hybridized carbons (Fsp3) is 0.417. The quantitative estimate of drug-likeness (QED) is 0.823. The number of anilines is 1. The van der Waals surface area contributed by atoms with Crippen molar-refractivity contribution in [3.8, 4) is 0 Å². The first kappa shape index (κ1) is 11.7. The Labute approximate surface area is 99.6 Å². The van der Waals surface area contributed by atoms with Crippen LogP contribution >= 0.6 is 0 Å². The molecule has 1 saturated heterocycles. The van der Waals surface area contributed by atoms with E-state index < -0.39 is 0 Å². The third kappa shape index (κ3) is 2.87. The van der Waals surface area contributed by atoms with Crippen LogP contribution in [0.2, 0.25) is 0 Å². The minimum Gasteiger partial charge on any atom is -0.380 e. The van der Waals surface area contributed by atoms with Crippen molar-refractivity contribution in [3.05, 3.63) is 30.1 Å². The second kappa shape index (κ2) is 5.03. The third-order valence-electron chi connectivity index (χ3n) is 3.04. The number of amides is 2. The van der Waals surface area contributed by atoms with Gasteiger partial charge in [-0.25, -0.2) is 9.18 Å². The van der Waals surface area contributed by atoms with E-state index in [9.17, 15) is 9.18 Å². The summed E-state index contributed by atoms with van der Waals surface area (Å²) in [5, 5.41) is 3.15. The average Bonchev–Trinajstić information content (AvgIpc) is 2.33. The summed E-state index contributed by atoms with van der Waals surface area (Å²) in [7, 11) is 0. The van der Waals surface area contributed by atoms with Crippen molar-refractivity contribution in [2.24, 2.45) is 5.73 Å². The van der Waals surface area contributed by atoms with E-state index >= 15 is 0 Å². The van der Waals surface area contributed by atoms with E-state index in [-0.39, 0.29) is 17.9 Å². The van der Waals surface area contributed by atoms with Crippen molar-refractivity contribution in [1.29, 1.82) is 0 Å². The van der Waals surface area contributed by atoms with Gasteiger partial charge in [0, 0.05) is 19.1 Å². The van der Waals surface area contributed by atoms with Gasteiger partial charge in [0.25, 0.3) is 0 Å². The fourth-order valence-corrected chi connectivity index (χ4v) is 2.04. The molecule has 0 radical (unpaired) electrons. The Bertz CT molecular complexity index is 402. The largest absolute Gasteiger partial charge is 0.380 e. The lowest BCUT2D eigenvalue weighted by Gasteiger charge is -2.31. The summed E-state index contributed by atoms with van der Waals surface area (Å²) in [6.07, 6.45) is 1.58. The van der Waals surface area contributed by atoms with E-state index in [4.69, 9.17) is 5.73 Å². The number of rotatable bonds is 2. The standard InChI is InChI=1S/C12H16FN3O/c13-10-3-1-2-4-11(10)15-9-5-7-16(8-6-9)12(14)17/h1-4,9,15H,5-8H2,(H2,14,17). The second-order valence-corrected chi connectivity index (χ2v) is 4.22.